The number of carboxylic acids is 1. The van der Waals surface area contributed by atoms with Crippen LogP contribution in [-0.2, 0) is 9.59 Å². The highest BCUT2D eigenvalue weighted by Crippen LogP contribution is 2.24. The minimum absolute atomic E-state index is 0.0890. The Morgan fingerprint density at radius 1 is 1.21 bits per heavy atom. The monoisotopic (exact) mass is 265 g/mol. The first-order valence-corrected chi connectivity index (χ1v) is 6.09. The molecule has 0 saturated carbocycles. The van der Waals surface area contributed by atoms with Gasteiger partial charge in [-0.05, 0) is 31.9 Å². The molecule has 5 heteroatoms. The number of aryl methyl sites for hydroxylation is 3. The second-order valence-corrected chi connectivity index (χ2v) is 4.51. The van der Waals surface area contributed by atoms with Gasteiger partial charge in [-0.2, -0.15) is 0 Å². The molecule has 0 aliphatic carbocycles. The summed E-state index contributed by atoms with van der Waals surface area (Å²) in [6.45, 7) is 5.87. The Bertz CT molecular complexity index is 459. The molecular formula is C14H19NO4. The molecule has 0 aromatic heterocycles. The van der Waals surface area contributed by atoms with Gasteiger partial charge in [0.15, 0.2) is 6.61 Å². The molecule has 1 rings (SSSR count). The molecular weight excluding hydrogens is 246 g/mol. The van der Waals surface area contributed by atoms with E-state index in [0.717, 1.165) is 16.7 Å². The number of hydrogen-bond acceptors (Lipinski definition) is 3. The lowest BCUT2D eigenvalue weighted by Gasteiger charge is -2.12. The Balaban J connectivity index is 2.48. The molecule has 0 fully saturated rings. The van der Waals surface area contributed by atoms with Crippen LogP contribution in [0.3, 0.4) is 0 Å². The molecule has 19 heavy (non-hydrogen) atoms. The molecule has 2 N–H and O–H groups in total. The zero-order valence-electron chi connectivity index (χ0n) is 11.4. The third-order valence-electron chi connectivity index (χ3n) is 2.61. The fourth-order valence-electron chi connectivity index (χ4n) is 1.89. The van der Waals surface area contributed by atoms with Gasteiger partial charge in [0, 0.05) is 6.54 Å². The average Bonchev–Trinajstić information content (AvgIpc) is 2.26. The van der Waals surface area contributed by atoms with Crippen molar-refractivity contribution < 1.29 is 19.4 Å². The molecule has 1 aromatic carbocycles. The molecule has 0 heterocycles. The van der Waals surface area contributed by atoms with E-state index < -0.39 is 5.97 Å². The van der Waals surface area contributed by atoms with Crippen LogP contribution in [0.4, 0.5) is 0 Å². The zero-order chi connectivity index (χ0) is 14.4. The Morgan fingerprint density at radius 2 is 1.79 bits per heavy atom. The summed E-state index contributed by atoms with van der Waals surface area (Å²) in [5, 5.41) is 10.9. The van der Waals surface area contributed by atoms with Gasteiger partial charge in [-0.15, -0.1) is 0 Å². The third-order valence-corrected chi connectivity index (χ3v) is 2.61. The van der Waals surface area contributed by atoms with Crippen molar-refractivity contribution in [3.05, 3.63) is 28.8 Å². The molecule has 104 valence electrons. The largest absolute Gasteiger partial charge is 0.483 e. The van der Waals surface area contributed by atoms with E-state index in [9.17, 15) is 9.59 Å². The Morgan fingerprint density at radius 3 is 2.32 bits per heavy atom. The summed E-state index contributed by atoms with van der Waals surface area (Å²) in [5.74, 6) is -0.550. The lowest BCUT2D eigenvalue weighted by Crippen LogP contribution is -2.30. The van der Waals surface area contributed by atoms with E-state index in [1.165, 1.54) is 0 Å². The first-order valence-electron chi connectivity index (χ1n) is 6.09. The highest BCUT2D eigenvalue weighted by molar-refractivity contribution is 5.78. The van der Waals surface area contributed by atoms with Crippen LogP contribution in [0.15, 0.2) is 12.1 Å². The Hall–Kier alpha value is -2.04. The molecule has 0 radical (unpaired) electrons. The van der Waals surface area contributed by atoms with Gasteiger partial charge in [-0.25, -0.2) is 0 Å². The summed E-state index contributed by atoms with van der Waals surface area (Å²) in [6, 6.07) is 3.98. The van der Waals surface area contributed by atoms with Gasteiger partial charge in [0.25, 0.3) is 5.91 Å². The number of carbonyl (C=O) groups excluding carboxylic acids is 1. The first-order chi connectivity index (χ1) is 8.90. The van der Waals surface area contributed by atoms with Crippen LogP contribution in [0.5, 0.6) is 5.75 Å². The zero-order valence-corrected chi connectivity index (χ0v) is 11.4. The van der Waals surface area contributed by atoms with Crippen molar-refractivity contribution in [2.24, 2.45) is 0 Å². The van der Waals surface area contributed by atoms with Gasteiger partial charge < -0.3 is 15.2 Å². The topological polar surface area (TPSA) is 75.6 Å². The van der Waals surface area contributed by atoms with Crippen molar-refractivity contribution >= 4 is 11.9 Å². The summed E-state index contributed by atoms with van der Waals surface area (Å²) < 4.78 is 5.48. The number of amides is 1. The highest BCUT2D eigenvalue weighted by atomic mass is 16.5. The normalized spacial score (nSPS) is 10.1. The van der Waals surface area contributed by atoms with Gasteiger partial charge in [0.1, 0.15) is 5.75 Å². The highest BCUT2D eigenvalue weighted by Gasteiger charge is 2.08. The maximum Gasteiger partial charge on any atom is 0.305 e. The molecule has 0 unspecified atom stereocenters. The molecule has 0 atom stereocenters. The summed E-state index contributed by atoms with van der Waals surface area (Å²) >= 11 is 0. The van der Waals surface area contributed by atoms with E-state index >= 15 is 0 Å². The van der Waals surface area contributed by atoms with E-state index in [1.807, 2.05) is 32.9 Å². The SMILES string of the molecule is Cc1cc(C)c(OCC(=O)NCCC(=O)O)c(C)c1. The lowest BCUT2D eigenvalue weighted by atomic mass is 10.1. The van der Waals surface area contributed by atoms with E-state index in [0.29, 0.717) is 5.75 Å². The molecule has 5 nitrogen and oxygen atoms in total. The number of aliphatic carboxylic acids is 1. The number of nitrogens with one attached hydrogen (secondary N) is 1. The quantitative estimate of drug-likeness (QED) is 0.819. The van der Waals surface area contributed by atoms with Crippen molar-refractivity contribution in [1.82, 2.24) is 5.32 Å². The molecule has 0 bridgehead atoms. The molecule has 0 aliphatic rings. The van der Waals surface area contributed by atoms with E-state index in [4.69, 9.17) is 9.84 Å². The van der Waals surface area contributed by atoms with Gasteiger partial charge in [0.2, 0.25) is 0 Å². The second-order valence-electron chi connectivity index (χ2n) is 4.51. The lowest BCUT2D eigenvalue weighted by molar-refractivity contribution is -0.137. The second kappa shape index (κ2) is 6.78. The predicted molar refractivity (Wildman–Crippen MR) is 71.4 cm³/mol. The van der Waals surface area contributed by atoms with Crippen LogP contribution >= 0.6 is 0 Å². The Kier molecular flexibility index (Phi) is 5.36. The standard InChI is InChI=1S/C14H19NO4/c1-9-6-10(2)14(11(3)7-9)19-8-12(16)15-5-4-13(17)18/h6-7H,4-5,8H2,1-3H3,(H,15,16)(H,17,18). The van der Waals surface area contributed by atoms with Crippen LogP contribution in [0.2, 0.25) is 0 Å². The Labute approximate surface area is 112 Å². The molecule has 0 saturated heterocycles. The van der Waals surface area contributed by atoms with Crippen molar-refractivity contribution in [1.29, 1.82) is 0 Å². The van der Waals surface area contributed by atoms with E-state index in [1.54, 1.807) is 0 Å². The first kappa shape index (κ1) is 15.0. The number of carboxylic acid groups (broad SMARTS) is 1. The summed E-state index contributed by atoms with van der Waals surface area (Å²) in [7, 11) is 0. The predicted octanol–water partition coefficient (Wildman–Crippen LogP) is 1.58. The van der Waals surface area contributed by atoms with E-state index in [2.05, 4.69) is 5.32 Å². The smallest absolute Gasteiger partial charge is 0.305 e. The van der Waals surface area contributed by atoms with Crippen LogP contribution < -0.4 is 10.1 Å². The molecule has 0 spiro atoms. The number of carbonyl (C=O) groups is 2. The molecule has 0 aliphatic heterocycles. The average molecular weight is 265 g/mol. The van der Waals surface area contributed by atoms with Crippen LogP contribution in [0.25, 0.3) is 0 Å². The summed E-state index contributed by atoms with van der Waals surface area (Å²) in [6.07, 6.45) is -0.0890. The van der Waals surface area contributed by atoms with Crippen LogP contribution in [-0.4, -0.2) is 30.1 Å². The van der Waals surface area contributed by atoms with Crippen molar-refractivity contribution in [3.8, 4) is 5.75 Å². The van der Waals surface area contributed by atoms with Gasteiger partial charge in [0.05, 0.1) is 6.42 Å². The molecule has 1 aromatic rings. The van der Waals surface area contributed by atoms with Gasteiger partial charge in [-0.1, -0.05) is 17.7 Å². The summed E-state index contributed by atoms with van der Waals surface area (Å²) in [4.78, 5) is 21.8. The maximum absolute atomic E-state index is 11.5. The number of ether oxygens (including phenoxy) is 1. The number of benzene rings is 1. The van der Waals surface area contributed by atoms with E-state index in [-0.39, 0.29) is 25.5 Å². The number of rotatable bonds is 6. The van der Waals surface area contributed by atoms with Crippen molar-refractivity contribution in [2.45, 2.75) is 27.2 Å². The minimum Gasteiger partial charge on any atom is -0.483 e. The van der Waals surface area contributed by atoms with Crippen LogP contribution in [0.1, 0.15) is 23.1 Å². The fraction of sp³-hybridized carbons (Fsp3) is 0.429. The fourth-order valence-corrected chi connectivity index (χ4v) is 1.89. The van der Waals surface area contributed by atoms with Crippen molar-refractivity contribution in [3.63, 3.8) is 0 Å². The van der Waals surface area contributed by atoms with Crippen molar-refractivity contribution in [2.75, 3.05) is 13.2 Å². The molecule has 1 amide bonds. The minimum atomic E-state index is -0.938. The van der Waals surface area contributed by atoms with Crippen LogP contribution in [0, 0.1) is 20.8 Å². The number of hydrogen-bond donors (Lipinski definition) is 2. The summed E-state index contributed by atoms with van der Waals surface area (Å²) in [5.41, 5.74) is 3.11. The maximum atomic E-state index is 11.5. The van der Waals surface area contributed by atoms with Gasteiger partial charge in [-0.3, -0.25) is 9.59 Å². The third kappa shape index (κ3) is 4.99. The van der Waals surface area contributed by atoms with Gasteiger partial charge >= 0.3 is 5.97 Å².